The van der Waals surface area contributed by atoms with Gasteiger partial charge in [0.05, 0.1) is 6.42 Å². The van der Waals surface area contributed by atoms with E-state index in [1.54, 1.807) is 41.7 Å². The Morgan fingerprint density at radius 2 is 1.62 bits per heavy atom. The molecular weight excluding hydrogens is 425 g/mol. The zero-order chi connectivity index (χ0) is 20.6. The van der Waals surface area contributed by atoms with Gasteiger partial charge in [0.15, 0.2) is 0 Å². The summed E-state index contributed by atoms with van der Waals surface area (Å²) in [6, 6.07) is 20.0. The number of benzene rings is 3. The lowest BCUT2D eigenvalue weighted by molar-refractivity contribution is -0.115. The number of hydrogen-bond acceptors (Lipinski definition) is 3. The molecule has 3 rings (SSSR count). The smallest absolute Gasteiger partial charge is 0.228 e. The molecule has 3 aromatic carbocycles. The fourth-order valence-corrected chi connectivity index (χ4v) is 4.59. The highest BCUT2D eigenvalue weighted by Gasteiger charge is 2.08. The predicted molar refractivity (Wildman–Crippen MR) is 123 cm³/mol. The van der Waals surface area contributed by atoms with Crippen LogP contribution in [0.4, 0.5) is 10.1 Å². The van der Waals surface area contributed by atoms with E-state index in [-0.39, 0.29) is 11.7 Å². The van der Waals surface area contributed by atoms with E-state index in [0.717, 1.165) is 21.8 Å². The molecule has 0 aliphatic heterocycles. The predicted octanol–water partition coefficient (Wildman–Crippen LogP) is 7.06. The first-order valence-electron chi connectivity index (χ1n) is 9.22. The minimum absolute atomic E-state index is 0.0783. The summed E-state index contributed by atoms with van der Waals surface area (Å²) in [6.45, 7) is 2.11. The Labute approximate surface area is 184 Å². The van der Waals surface area contributed by atoms with E-state index in [2.05, 4.69) is 12.2 Å². The van der Waals surface area contributed by atoms with Gasteiger partial charge in [-0.3, -0.25) is 4.79 Å². The molecule has 0 saturated heterocycles. The molecule has 1 amide bonds. The molecule has 1 N–H and O–H groups in total. The Bertz CT molecular complexity index is 962. The molecule has 0 spiro atoms. The molecular formula is C23H21ClFNOS2. The van der Waals surface area contributed by atoms with Crippen LogP contribution in [0.5, 0.6) is 0 Å². The lowest BCUT2D eigenvalue weighted by Gasteiger charge is -2.09. The first-order valence-corrected chi connectivity index (χ1v) is 11.6. The van der Waals surface area contributed by atoms with Crippen LogP contribution in [-0.4, -0.2) is 11.7 Å². The number of anilines is 1. The first-order chi connectivity index (χ1) is 14.0. The highest BCUT2D eigenvalue weighted by atomic mass is 35.5. The van der Waals surface area contributed by atoms with Crippen molar-refractivity contribution in [2.24, 2.45) is 0 Å². The van der Waals surface area contributed by atoms with Crippen molar-refractivity contribution in [1.82, 2.24) is 0 Å². The molecule has 0 radical (unpaired) electrons. The number of halogens is 2. The quantitative estimate of drug-likeness (QED) is 0.376. The molecule has 0 atom stereocenters. The third kappa shape index (κ3) is 6.81. The van der Waals surface area contributed by atoms with Gasteiger partial charge in [-0.05, 0) is 65.4 Å². The van der Waals surface area contributed by atoms with Crippen molar-refractivity contribution in [1.29, 1.82) is 0 Å². The second-order valence-electron chi connectivity index (χ2n) is 6.35. The number of carbonyl (C=O) groups excluding carboxylic acids is 1. The van der Waals surface area contributed by atoms with Gasteiger partial charge in [0, 0.05) is 26.3 Å². The maximum Gasteiger partial charge on any atom is 0.228 e. The summed E-state index contributed by atoms with van der Waals surface area (Å²) >= 11 is 9.74. The van der Waals surface area contributed by atoms with Crippen molar-refractivity contribution in [2.45, 2.75) is 28.9 Å². The summed E-state index contributed by atoms with van der Waals surface area (Å²) in [5, 5.41) is 3.50. The monoisotopic (exact) mass is 445 g/mol. The average Bonchev–Trinajstić information content (AvgIpc) is 2.70. The minimum Gasteiger partial charge on any atom is -0.326 e. The summed E-state index contributed by atoms with van der Waals surface area (Å²) in [5.41, 5.74) is 2.61. The topological polar surface area (TPSA) is 29.1 Å². The van der Waals surface area contributed by atoms with Crippen LogP contribution in [0.1, 0.15) is 18.1 Å². The van der Waals surface area contributed by atoms with Crippen LogP contribution >= 0.6 is 35.1 Å². The number of nitrogens with one attached hydrogen (secondary N) is 1. The molecule has 0 bridgehead atoms. The van der Waals surface area contributed by atoms with Crippen molar-refractivity contribution < 1.29 is 9.18 Å². The van der Waals surface area contributed by atoms with Crippen molar-refractivity contribution in [3.8, 4) is 0 Å². The van der Waals surface area contributed by atoms with Gasteiger partial charge in [-0.25, -0.2) is 4.39 Å². The Morgan fingerprint density at radius 3 is 2.28 bits per heavy atom. The summed E-state index contributed by atoms with van der Waals surface area (Å²) in [5.74, 6) is 1.37. The first kappa shape index (κ1) is 21.8. The van der Waals surface area contributed by atoms with E-state index in [9.17, 15) is 9.18 Å². The second-order valence-corrected chi connectivity index (χ2v) is 9.14. The summed E-state index contributed by atoms with van der Waals surface area (Å²) in [6.07, 6.45) is 0.316. The highest BCUT2D eigenvalue weighted by Crippen LogP contribution is 2.29. The second kappa shape index (κ2) is 10.7. The van der Waals surface area contributed by atoms with Crippen LogP contribution in [0.3, 0.4) is 0 Å². The molecule has 29 heavy (non-hydrogen) atoms. The third-order valence-corrected chi connectivity index (χ3v) is 6.45. The average molecular weight is 446 g/mol. The molecule has 150 valence electrons. The minimum atomic E-state index is -0.247. The van der Waals surface area contributed by atoms with Crippen molar-refractivity contribution in [3.63, 3.8) is 0 Å². The lowest BCUT2D eigenvalue weighted by atomic mass is 10.1. The zero-order valence-electron chi connectivity index (χ0n) is 16.0. The van der Waals surface area contributed by atoms with E-state index in [1.165, 1.54) is 17.0 Å². The van der Waals surface area contributed by atoms with Crippen LogP contribution in [-0.2, 0) is 17.0 Å². The summed E-state index contributed by atoms with van der Waals surface area (Å²) in [7, 11) is 0. The number of hydrogen-bond donors (Lipinski definition) is 1. The molecule has 0 unspecified atom stereocenters. The maximum atomic E-state index is 13.0. The van der Waals surface area contributed by atoms with E-state index in [4.69, 9.17) is 11.6 Å². The molecule has 0 fully saturated rings. The Hall–Kier alpha value is -1.95. The van der Waals surface area contributed by atoms with E-state index < -0.39 is 0 Å². The van der Waals surface area contributed by atoms with Gasteiger partial charge < -0.3 is 5.32 Å². The zero-order valence-corrected chi connectivity index (χ0v) is 18.3. The van der Waals surface area contributed by atoms with Gasteiger partial charge in [0.25, 0.3) is 0 Å². The van der Waals surface area contributed by atoms with Gasteiger partial charge in [0.1, 0.15) is 5.82 Å². The lowest BCUT2D eigenvalue weighted by Crippen LogP contribution is -2.14. The van der Waals surface area contributed by atoms with E-state index >= 15 is 0 Å². The molecule has 3 aromatic rings. The van der Waals surface area contributed by atoms with Gasteiger partial charge in [-0.15, -0.1) is 23.5 Å². The fraction of sp³-hybridized carbons (Fsp3) is 0.174. The van der Waals surface area contributed by atoms with Crippen molar-refractivity contribution in [2.75, 3.05) is 11.1 Å². The molecule has 0 saturated carbocycles. The molecule has 0 aliphatic rings. The third-order valence-electron chi connectivity index (χ3n) is 4.14. The number of carbonyl (C=O) groups is 1. The van der Waals surface area contributed by atoms with Gasteiger partial charge in [-0.2, -0.15) is 0 Å². The molecule has 2 nitrogen and oxygen atoms in total. The van der Waals surface area contributed by atoms with Gasteiger partial charge >= 0.3 is 0 Å². The highest BCUT2D eigenvalue weighted by molar-refractivity contribution is 7.99. The molecule has 6 heteroatoms. The van der Waals surface area contributed by atoms with E-state index in [0.29, 0.717) is 22.9 Å². The van der Waals surface area contributed by atoms with Gasteiger partial charge in [-0.1, -0.05) is 36.7 Å². The van der Waals surface area contributed by atoms with Crippen LogP contribution in [0, 0.1) is 5.82 Å². The number of thioether (sulfide) groups is 2. The molecule has 0 aromatic heterocycles. The van der Waals surface area contributed by atoms with E-state index in [1.807, 2.05) is 36.4 Å². The largest absolute Gasteiger partial charge is 0.326 e. The summed E-state index contributed by atoms with van der Waals surface area (Å²) < 4.78 is 13.0. The number of rotatable bonds is 8. The summed E-state index contributed by atoms with van der Waals surface area (Å²) in [4.78, 5) is 14.5. The van der Waals surface area contributed by atoms with Crippen LogP contribution < -0.4 is 5.32 Å². The Kier molecular flexibility index (Phi) is 8.04. The molecule has 0 heterocycles. The standard InChI is InChI=1S/C23H21ClFNOS2/c1-2-28-20-9-3-16(4-10-20)13-23(27)26-19-8-5-17(22(24)14-19)15-29-21-11-6-18(25)7-12-21/h3-12,14H,2,13,15H2,1H3,(H,26,27). The fourth-order valence-electron chi connectivity index (χ4n) is 2.69. The SMILES string of the molecule is CCSc1ccc(CC(=O)Nc2ccc(CSc3ccc(F)cc3)c(Cl)c2)cc1. The van der Waals surface area contributed by atoms with Crippen molar-refractivity contribution in [3.05, 3.63) is 88.7 Å². The van der Waals surface area contributed by atoms with Crippen LogP contribution in [0.15, 0.2) is 76.5 Å². The number of amides is 1. The molecule has 0 aliphatic carbocycles. The van der Waals surface area contributed by atoms with Crippen molar-refractivity contribution >= 4 is 46.7 Å². The maximum absolute atomic E-state index is 13.0. The van der Waals surface area contributed by atoms with Crippen LogP contribution in [0.25, 0.3) is 0 Å². The normalized spacial score (nSPS) is 10.7. The Morgan fingerprint density at radius 1 is 0.966 bits per heavy atom. The Balaban J connectivity index is 1.55. The van der Waals surface area contributed by atoms with Crippen LogP contribution in [0.2, 0.25) is 5.02 Å². The van der Waals surface area contributed by atoms with Gasteiger partial charge in [0.2, 0.25) is 5.91 Å².